The van der Waals surface area contributed by atoms with Crippen LogP contribution < -0.4 is 10.1 Å². The Balaban J connectivity index is 1.87. The number of ether oxygens (including phenoxy) is 1. The molecule has 3 nitrogen and oxygen atoms in total. The van der Waals surface area contributed by atoms with Crippen LogP contribution in [0.25, 0.3) is 0 Å². The van der Waals surface area contributed by atoms with Crippen LogP contribution in [-0.2, 0) is 17.8 Å². The van der Waals surface area contributed by atoms with Crippen molar-refractivity contribution in [3.63, 3.8) is 0 Å². The highest BCUT2D eigenvalue weighted by Gasteiger charge is 2.08. The van der Waals surface area contributed by atoms with Crippen molar-refractivity contribution in [3.05, 3.63) is 63.6 Å². The predicted molar refractivity (Wildman–Crippen MR) is 94.2 cm³/mol. The number of benzene rings is 2. The number of rotatable bonds is 7. The van der Waals surface area contributed by atoms with E-state index < -0.39 is 0 Å². The normalized spacial score (nSPS) is 10.4. The van der Waals surface area contributed by atoms with Gasteiger partial charge in [0.15, 0.2) is 0 Å². The average Bonchev–Trinajstić information content (AvgIpc) is 2.55. The van der Waals surface area contributed by atoms with Crippen molar-refractivity contribution in [1.29, 1.82) is 0 Å². The minimum atomic E-state index is -0.0349. The van der Waals surface area contributed by atoms with Crippen LogP contribution in [0, 0.1) is 0 Å². The lowest BCUT2D eigenvalue weighted by molar-refractivity contribution is -0.121. The molecule has 0 aliphatic carbocycles. The van der Waals surface area contributed by atoms with Gasteiger partial charge < -0.3 is 10.1 Å². The molecule has 0 atom stereocenters. The predicted octanol–water partition coefficient (Wildman–Crippen LogP) is 4.64. The summed E-state index contributed by atoms with van der Waals surface area (Å²) in [5, 5.41) is 3.93. The summed E-state index contributed by atoms with van der Waals surface area (Å²) in [5.41, 5.74) is 1.84. The van der Waals surface area contributed by atoms with E-state index in [-0.39, 0.29) is 5.91 Å². The van der Waals surface area contributed by atoms with Gasteiger partial charge in [-0.25, -0.2) is 0 Å². The number of nitrogens with one attached hydrogen (secondary N) is 1. The third-order valence-electron chi connectivity index (χ3n) is 3.40. The van der Waals surface area contributed by atoms with Gasteiger partial charge in [-0.2, -0.15) is 0 Å². The molecule has 0 aromatic heterocycles. The van der Waals surface area contributed by atoms with Crippen LogP contribution in [0.1, 0.15) is 24.5 Å². The van der Waals surface area contributed by atoms with E-state index in [1.54, 1.807) is 6.07 Å². The molecule has 0 radical (unpaired) electrons. The average molecular weight is 352 g/mol. The number of halogens is 2. The van der Waals surface area contributed by atoms with Crippen LogP contribution in [0.3, 0.4) is 0 Å². The number of hydrogen-bond donors (Lipinski definition) is 1. The summed E-state index contributed by atoms with van der Waals surface area (Å²) in [6.07, 6.45) is 0.912. The molecule has 2 aromatic carbocycles. The smallest absolute Gasteiger partial charge is 0.220 e. The van der Waals surface area contributed by atoms with Crippen LogP contribution in [-0.4, -0.2) is 12.5 Å². The van der Waals surface area contributed by atoms with Gasteiger partial charge in [-0.05, 0) is 31.0 Å². The summed E-state index contributed by atoms with van der Waals surface area (Å²) >= 11 is 12.1. The number of hydrogen-bond acceptors (Lipinski definition) is 2. The van der Waals surface area contributed by atoms with Crippen molar-refractivity contribution >= 4 is 29.1 Å². The molecule has 0 bridgehead atoms. The molecule has 0 unspecified atom stereocenters. The zero-order valence-corrected chi connectivity index (χ0v) is 14.5. The Morgan fingerprint density at radius 3 is 2.61 bits per heavy atom. The lowest BCUT2D eigenvalue weighted by atomic mass is 10.1. The van der Waals surface area contributed by atoms with Gasteiger partial charge in [-0.3, -0.25) is 4.79 Å². The van der Waals surface area contributed by atoms with Crippen molar-refractivity contribution < 1.29 is 9.53 Å². The van der Waals surface area contributed by atoms with Crippen molar-refractivity contribution in [3.8, 4) is 5.75 Å². The number of amides is 1. The van der Waals surface area contributed by atoms with E-state index in [4.69, 9.17) is 27.9 Å². The Morgan fingerprint density at radius 1 is 1.09 bits per heavy atom. The topological polar surface area (TPSA) is 38.3 Å². The van der Waals surface area contributed by atoms with Crippen LogP contribution in [0.15, 0.2) is 42.5 Å². The second kappa shape index (κ2) is 8.80. The molecule has 0 saturated carbocycles. The number of para-hydroxylation sites is 1. The van der Waals surface area contributed by atoms with Crippen molar-refractivity contribution in [2.45, 2.75) is 26.3 Å². The fourth-order valence-corrected chi connectivity index (χ4v) is 2.63. The molecule has 1 N–H and O–H groups in total. The summed E-state index contributed by atoms with van der Waals surface area (Å²) in [4.78, 5) is 12.0. The Hall–Kier alpha value is -1.71. The highest BCUT2D eigenvalue weighted by molar-refractivity contribution is 6.42. The minimum Gasteiger partial charge on any atom is -0.494 e. The van der Waals surface area contributed by atoms with Gasteiger partial charge in [-0.15, -0.1) is 0 Å². The molecule has 0 aliphatic heterocycles. The summed E-state index contributed by atoms with van der Waals surface area (Å²) in [7, 11) is 0. The van der Waals surface area contributed by atoms with Gasteiger partial charge in [0, 0.05) is 18.5 Å². The maximum atomic E-state index is 12.0. The van der Waals surface area contributed by atoms with Gasteiger partial charge in [0.1, 0.15) is 5.75 Å². The van der Waals surface area contributed by atoms with E-state index in [2.05, 4.69) is 5.32 Å². The van der Waals surface area contributed by atoms with Gasteiger partial charge in [-0.1, -0.05) is 53.5 Å². The van der Waals surface area contributed by atoms with Crippen LogP contribution in [0.2, 0.25) is 10.0 Å². The van der Waals surface area contributed by atoms with Gasteiger partial charge in [0.05, 0.1) is 16.7 Å². The molecule has 0 saturated heterocycles. The fraction of sp³-hybridized carbons (Fsp3) is 0.278. The standard InChI is InChI=1S/C18H19Cl2NO2/c1-2-23-16-9-4-3-6-14(16)12-21-17(22)11-10-13-7-5-8-15(19)18(13)20/h3-9H,2,10-12H2,1H3,(H,21,22). The van der Waals surface area contributed by atoms with Gasteiger partial charge in [0.25, 0.3) is 0 Å². The molecule has 0 aliphatic rings. The minimum absolute atomic E-state index is 0.0349. The SMILES string of the molecule is CCOc1ccccc1CNC(=O)CCc1cccc(Cl)c1Cl. The fourth-order valence-electron chi connectivity index (χ4n) is 2.22. The van der Waals surface area contributed by atoms with Crippen molar-refractivity contribution in [1.82, 2.24) is 5.32 Å². The number of aryl methyl sites for hydroxylation is 1. The van der Waals surface area contributed by atoms with Crippen molar-refractivity contribution in [2.24, 2.45) is 0 Å². The summed E-state index contributed by atoms with van der Waals surface area (Å²) < 4.78 is 5.54. The Labute approximate surface area is 146 Å². The number of carbonyl (C=O) groups excluding carboxylic acids is 1. The summed E-state index contributed by atoms with van der Waals surface area (Å²) in [6.45, 7) is 2.97. The van der Waals surface area contributed by atoms with E-state index in [1.807, 2.05) is 43.3 Å². The number of carbonyl (C=O) groups is 1. The lowest BCUT2D eigenvalue weighted by Gasteiger charge is -2.11. The van der Waals surface area contributed by atoms with Crippen molar-refractivity contribution in [2.75, 3.05) is 6.61 Å². The van der Waals surface area contributed by atoms with E-state index in [0.717, 1.165) is 16.9 Å². The maximum absolute atomic E-state index is 12.0. The van der Waals surface area contributed by atoms with Crippen LogP contribution in [0.4, 0.5) is 0 Å². The van der Waals surface area contributed by atoms with E-state index in [1.165, 1.54) is 0 Å². The first-order valence-corrected chi connectivity index (χ1v) is 8.27. The zero-order valence-electron chi connectivity index (χ0n) is 12.9. The summed E-state index contributed by atoms with van der Waals surface area (Å²) in [5.74, 6) is 0.764. The largest absolute Gasteiger partial charge is 0.494 e. The third-order valence-corrected chi connectivity index (χ3v) is 4.26. The molecule has 1 amide bonds. The molecule has 0 heterocycles. The zero-order chi connectivity index (χ0) is 16.7. The Morgan fingerprint density at radius 2 is 1.83 bits per heavy atom. The first-order chi connectivity index (χ1) is 11.1. The molecule has 2 rings (SSSR count). The Kier molecular flexibility index (Phi) is 6.75. The maximum Gasteiger partial charge on any atom is 0.220 e. The molecule has 0 spiro atoms. The second-order valence-corrected chi connectivity index (χ2v) is 5.82. The van der Waals surface area contributed by atoms with E-state index in [9.17, 15) is 4.79 Å². The molecule has 23 heavy (non-hydrogen) atoms. The molecular formula is C18H19Cl2NO2. The van der Waals surface area contributed by atoms with E-state index in [0.29, 0.717) is 36.0 Å². The quantitative estimate of drug-likeness (QED) is 0.788. The Bertz CT molecular complexity index is 674. The van der Waals surface area contributed by atoms with E-state index >= 15 is 0 Å². The molecule has 122 valence electrons. The van der Waals surface area contributed by atoms with Gasteiger partial charge >= 0.3 is 0 Å². The third kappa shape index (κ3) is 5.15. The second-order valence-electron chi connectivity index (χ2n) is 5.03. The summed E-state index contributed by atoms with van der Waals surface area (Å²) in [6, 6.07) is 13.1. The monoisotopic (exact) mass is 351 g/mol. The van der Waals surface area contributed by atoms with Crippen LogP contribution in [0.5, 0.6) is 5.75 Å². The van der Waals surface area contributed by atoms with Crippen LogP contribution >= 0.6 is 23.2 Å². The molecule has 0 fully saturated rings. The highest BCUT2D eigenvalue weighted by Crippen LogP contribution is 2.26. The molecule has 5 heteroatoms. The first kappa shape index (κ1) is 17.6. The van der Waals surface area contributed by atoms with Gasteiger partial charge in [0.2, 0.25) is 5.91 Å². The molecular weight excluding hydrogens is 333 g/mol. The molecule has 2 aromatic rings. The lowest BCUT2D eigenvalue weighted by Crippen LogP contribution is -2.23. The first-order valence-electron chi connectivity index (χ1n) is 7.52. The highest BCUT2D eigenvalue weighted by atomic mass is 35.5.